The number of hydrogen-bond donors (Lipinski definition) is 1. The van der Waals surface area contributed by atoms with Crippen molar-refractivity contribution in [3.63, 3.8) is 0 Å². The third-order valence-electron chi connectivity index (χ3n) is 7.10. The number of amides is 1. The van der Waals surface area contributed by atoms with Crippen molar-refractivity contribution < 1.29 is 4.79 Å². The molecule has 2 aromatic heterocycles. The minimum atomic E-state index is -0.243. The molecule has 188 valence electrons. The van der Waals surface area contributed by atoms with Crippen LogP contribution in [0.3, 0.4) is 0 Å². The Labute approximate surface area is 212 Å². The molecule has 1 aromatic carbocycles. The molecule has 0 spiro atoms. The van der Waals surface area contributed by atoms with Crippen LogP contribution in [0.5, 0.6) is 0 Å². The van der Waals surface area contributed by atoms with Crippen molar-refractivity contribution >= 4 is 28.3 Å². The summed E-state index contributed by atoms with van der Waals surface area (Å²) in [5.74, 6) is 1.27. The third-order valence-corrected chi connectivity index (χ3v) is 7.47. The van der Waals surface area contributed by atoms with E-state index in [2.05, 4.69) is 33.7 Å². The zero-order valence-corrected chi connectivity index (χ0v) is 21.9. The summed E-state index contributed by atoms with van der Waals surface area (Å²) in [7, 11) is 0. The maximum absolute atomic E-state index is 13.2. The number of likely N-dealkylation sites (tertiary alicyclic amines) is 1. The first-order valence-corrected chi connectivity index (χ1v) is 12.9. The topological polar surface area (TPSA) is 72.2 Å². The minimum absolute atomic E-state index is 0.0826. The first-order valence-electron chi connectivity index (χ1n) is 12.5. The van der Waals surface area contributed by atoms with Gasteiger partial charge in [-0.2, -0.15) is 5.10 Å². The van der Waals surface area contributed by atoms with E-state index in [1.165, 1.54) is 11.1 Å². The van der Waals surface area contributed by atoms with Crippen LogP contribution in [0.25, 0.3) is 10.8 Å². The summed E-state index contributed by atoms with van der Waals surface area (Å²) in [6, 6.07) is 7.71. The van der Waals surface area contributed by atoms with Crippen molar-refractivity contribution in [2.45, 2.75) is 53.6 Å². The predicted molar refractivity (Wildman–Crippen MR) is 141 cm³/mol. The van der Waals surface area contributed by atoms with Gasteiger partial charge in [-0.25, -0.2) is 4.68 Å². The second-order valence-corrected chi connectivity index (χ2v) is 10.6. The van der Waals surface area contributed by atoms with Crippen molar-refractivity contribution in [2.24, 2.45) is 11.8 Å². The van der Waals surface area contributed by atoms with Gasteiger partial charge in [-0.05, 0) is 56.7 Å². The Morgan fingerprint density at radius 2 is 1.86 bits per heavy atom. The van der Waals surface area contributed by atoms with Crippen molar-refractivity contribution in [1.82, 2.24) is 24.6 Å². The van der Waals surface area contributed by atoms with Gasteiger partial charge in [0.1, 0.15) is 6.54 Å². The molecule has 1 N–H and O–H groups in total. The number of carbonyl (C=O) groups is 1. The number of nitrogens with zero attached hydrogens (tertiary/aromatic N) is 4. The van der Waals surface area contributed by atoms with Gasteiger partial charge in [0.05, 0.1) is 11.6 Å². The van der Waals surface area contributed by atoms with E-state index >= 15 is 0 Å². The van der Waals surface area contributed by atoms with Gasteiger partial charge < -0.3 is 14.8 Å². The lowest BCUT2D eigenvalue weighted by molar-refractivity contribution is -0.121. The smallest absolute Gasteiger partial charge is 0.276 e. The van der Waals surface area contributed by atoms with E-state index < -0.39 is 0 Å². The summed E-state index contributed by atoms with van der Waals surface area (Å²) in [6.07, 6.45) is 3.88. The summed E-state index contributed by atoms with van der Waals surface area (Å²) in [5.41, 5.74) is 2.55. The number of halogens is 1. The highest BCUT2D eigenvalue weighted by Gasteiger charge is 2.21. The Hall–Kier alpha value is -2.64. The molecule has 0 unspecified atom stereocenters. The highest BCUT2D eigenvalue weighted by Crippen LogP contribution is 2.25. The first-order chi connectivity index (χ1) is 16.7. The number of carbonyl (C=O) groups excluding carboxylic acids is 1. The van der Waals surface area contributed by atoms with Crippen LogP contribution in [-0.4, -0.2) is 51.3 Å². The van der Waals surface area contributed by atoms with Crippen LogP contribution in [0, 0.1) is 25.7 Å². The Bertz CT molecular complexity index is 1250. The predicted octanol–water partition coefficient (Wildman–Crippen LogP) is 4.00. The molecule has 1 saturated heterocycles. The zero-order valence-electron chi connectivity index (χ0n) is 21.2. The van der Waals surface area contributed by atoms with Crippen molar-refractivity contribution in [1.29, 1.82) is 0 Å². The third kappa shape index (κ3) is 5.78. The maximum Gasteiger partial charge on any atom is 0.276 e. The lowest BCUT2D eigenvalue weighted by Crippen LogP contribution is -2.40. The molecular formula is C27H36ClN5O2. The lowest BCUT2D eigenvalue weighted by Gasteiger charge is -2.34. The number of hydrogen-bond acceptors (Lipinski definition) is 4. The van der Waals surface area contributed by atoms with E-state index in [4.69, 9.17) is 11.6 Å². The molecule has 3 heterocycles. The van der Waals surface area contributed by atoms with Crippen LogP contribution in [0.4, 0.5) is 0 Å². The van der Waals surface area contributed by atoms with Gasteiger partial charge in [0, 0.05) is 48.0 Å². The first kappa shape index (κ1) is 25.5. The highest BCUT2D eigenvalue weighted by molar-refractivity contribution is 6.31. The highest BCUT2D eigenvalue weighted by atomic mass is 35.5. The number of benzene rings is 1. The Morgan fingerprint density at radius 3 is 2.57 bits per heavy atom. The zero-order chi connectivity index (χ0) is 25.1. The number of fused-ring (bicyclic) bond motifs is 1. The van der Waals surface area contributed by atoms with Gasteiger partial charge in [-0.1, -0.05) is 43.6 Å². The quantitative estimate of drug-likeness (QED) is 0.477. The maximum atomic E-state index is 13.2. The SMILES string of the molecule is Cc1c2cnn(CC(=O)NCCCN3C[C@@H](C)C[C@H](C)C3)c(=O)c2c(C)n1Cc1ccccc1Cl. The van der Waals surface area contributed by atoms with Gasteiger partial charge in [0.25, 0.3) is 5.56 Å². The fourth-order valence-electron chi connectivity index (χ4n) is 5.49. The summed E-state index contributed by atoms with van der Waals surface area (Å²) in [6.45, 7) is 12.9. The largest absolute Gasteiger partial charge is 0.354 e. The second kappa shape index (κ2) is 11.0. The molecule has 7 nitrogen and oxygen atoms in total. The molecule has 0 bridgehead atoms. The molecule has 0 aliphatic carbocycles. The number of nitrogens with one attached hydrogen (secondary N) is 1. The van der Waals surface area contributed by atoms with Crippen LogP contribution in [0.2, 0.25) is 5.02 Å². The molecule has 0 saturated carbocycles. The number of piperidine rings is 1. The summed E-state index contributed by atoms with van der Waals surface area (Å²) in [5, 5.41) is 9.36. The summed E-state index contributed by atoms with van der Waals surface area (Å²) >= 11 is 6.36. The minimum Gasteiger partial charge on any atom is -0.354 e. The number of aromatic nitrogens is 3. The summed E-state index contributed by atoms with van der Waals surface area (Å²) in [4.78, 5) is 28.3. The monoisotopic (exact) mass is 497 g/mol. The molecule has 3 aromatic rings. The standard InChI is InChI=1S/C27H36ClN5O2/c1-18-12-19(2)15-31(14-18)11-7-10-29-25(34)17-33-27(35)26-21(4)32(20(3)23(26)13-30-33)16-22-8-5-6-9-24(22)28/h5-6,8-9,13,18-19H,7,10-12,14-17H2,1-4H3,(H,29,34)/t18-,19-/m0/s1. The fraction of sp³-hybridized carbons (Fsp3) is 0.519. The van der Waals surface area contributed by atoms with E-state index in [0.717, 1.165) is 60.2 Å². The van der Waals surface area contributed by atoms with Crippen LogP contribution in [-0.2, 0) is 17.9 Å². The van der Waals surface area contributed by atoms with E-state index in [1.54, 1.807) is 6.20 Å². The molecule has 1 fully saturated rings. The fourth-order valence-corrected chi connectivity index (χ4v) is 5.68. The van der Waals surface area contributed by atoms with Crippen LogP contribution < -0.4 is 10.9 Å². The molecule has 8 heteroatoms. The molecule has 0 radical (unpaired) electrons. The van der Waals surface area contributed by atoms with Gasteiger partial charge in [-0.3, -0.25) is 9.59 Å². The molecule has 2 atom stereocenters. The number of aryl methyl sites for hydroxylation is 2. The van der Waals surface area contributed by atoms with Gasteiger partial charge in [-0.15, -0.1) is 0 Å². The van der Waals surface area contributed by atoms with Crippen LogP contribution >= 0.6 is 11.6 Å². The van der Waals surface area contributed by atoms with E-state index in [1.807, 2.05) is 38.1 Å². The van der Waals surface area contributed by atoms with Crippen LogP contribution in [0.15, 0.2) is 35.3 Å². The van der Waals surface area contributed by atoms with Crippen LogP contribution in [0.1, 0.15) is 43.6 Å². The summed E-state index contributed by atoms with van der Waals surface area (Å²) < 4.78 is 3.35. The molecule has 1 amide bonds. The Morgan fingerprint density at radius 1 is 1.14 bits per heavy atom. The van der Waals surface area contributed by atoms with Crippen molar-refractivity contribution in [2.75, 3.05) is 26.2 Å². The molecule has 1 aliphatic heterocycles. The number of rotatable bonds is 8. The molecule has 35 heavy (non-hydrogen) atoms. The van der Waals surface area contributed by atoms with Gasteiger partial charge in [0.2, 0.25) is 5.91 Å². The molecule has 4 rings (SSSR count). The van der Waals surface area contributed by atoms with E-state index in [0.29, 0.717) is 23.5 Å². The molecule has 1 aliphatic rings. The average molecular weight is 498 g/mol. The average Bonchev–Trinajstić information content (AvgIpc) is 3.04. The van der Waals surface area contributed by atoms with Crippen molar-refractivity contribution in [3.8, 4) is 0 Å². The second-order valence-electron chi connectivity index (χ2n) is 10.2. The van der Waals surface area contributed by atoms with Crippen molar-refractivity contribution in [3.05, 3.63) is 62.8 Å². The normalized spacial score (nSPS) is 18.8. The Kier molecular flexibility index (Phi) is 7.97. The van der Waals surface area contributed by atoms with E-state index in [9.17, 15) is 9.59 Å². The van der Waals surface area contributed by atoms with E-state index in [-0.39, 0.29) is 18.0 Å². The Balaban J connectivity index is 1.40. The molecular weight excluding hydrogens is 462 g/mol. The lowest BCUT2D eigenvalue weighted by atomic mass is 9.92. The van der Waals surface area contributed by atoms with Gasteiger partial charge in [0.15, 0.2) is 0 Å². The van der Waals surface area contributed by atoms with Gasteiger partial charge >= 0.3 is 0 Å².